The average Bonchev–Trinajstić information content (AvgIpc) is 2.89. The molecule has 0 aliphatic rings. The number of nitrogens with one attached hydrogen (secondary N) is 1. The van der Waals surface area contributed by atoms with E-state index >= 15 is 0 Å². The van der Waals surface area contributed by atoms with Crippen LogP contribution in [0.25, 0.3) is 10.9 Å². The summed E-state index contributed by atoms with van der Waals surface area (Å²) >= 11 is 5.86. The number of halogens is 1. The fourth-order valence-electron chi connectivity index (χ4n) is 3.14. The standard InChI is InChI=1S/C21H22ClN3O/c1-5-10-25-18-8-6-15(13(2)3)11-17(18)14(4)20(25)21(26)24-19-9-7-16(22)12-23-19/h5-9,11-13H,1,10H2,2-4H3,(H,23,24,26). The van der Waals surface area contributed by atoms with Crippen molar-refractivity contribution in [1.29, 1.82) is 0 Å². The summed E-state index contributed by atoms with van der Waals surface area (Å²) in [6, 6.07) is 9.76. The predicted molar refractivity (Wildman–Crippen MR) is 108 cm³/mol. The SMILES string of the molecule is C=CCn1c(C(=O)Nc2ccc(Cl)cn2)c(C)c2cc(C(C)C)ccc21. The highest BCUT2D eigenvalue weighted by Gasteiger charge is 2.20. The van der Waals surface area contributed by atoms with Crippen LogP contribution in [0.4, 0.5) is 5.82 Å². The molecule has 0 spiro atoms. The Morgan fingerprint density at radius 1 is 1.35 bits per heavy atom. The molecule has 0 bridgehead atoms. The van der Waals surface area contributed by atoms with E-state index in [0.29, 0.717) is 29.0 Å². The number of nitrogens with zero attached hydrogens (tertiary/aromatic N) is 2. The van der Waals surface area contributed by atoms with E-state index in [4.69, 9.17) is 11.6 Å². The first-order valence-electron chi connectivity index (χ1n) is 8.59. The first kappa shape index (κ1) is 18.2. The number of allylic oxidation sites excluding steroid dienone is 1. The number of fused-ring (bicyclic) bond motifs is 1. The molecule has 0 atom stereocenters. The minimum absolute atomic E-state index is 0.193. The number of aryl methyl sites for hydroxylation is 1. The van der Waals surface area contributed by atoms with Gasteiger partial charge in [0.2, 0.25) is 0 Å². The lowest BCUT2D eigenvalue weighted by Gasteiger charge is -2.10. The highest BCUT2D eigenvalue weighted by atomic mass is 35.5. The molecule has 4 nitrogen and oxygen atoms in total. The molecule has 0 unspecified atom stereocenters. The van der Waals surface area contributed by atoms with E-state index in [2.05, 4.69) is 48.9 Å². The maximum atomic E-state index is 13.0. The zero-order chi connectivity index (χ0) is 18.8. The second-order valence-electron chi connectivity index (χ2n) is 6.62. The molecule has 134 valence electrons. The normalized spacial score (nSPS) is 11.1. The molecule has 0 aliphatic carbocycles. The zero-order valence-electron chi connectivity index (χ0n) is 15.2. The Morgan fingerprint density at radius 3 is 2.73 bits per heavy atom. The quantitative estimate of drug-likeness (QED) is 0.600. The van der Waals surface area contributed by atoms with Crippen LogP contribution in [0.1, 0.15) is 41.4 Å². The summed E-state index contributed by atoms with van der Waals surface area (Å²) in [5.41, 5.74) is 3.86. The highest BCUT2D eigenvalue weighted by molar-refractivity contribution is 6.30. The van der Waals surface area contributed by atoms with Crippen LogP contribution in [0.3, 0.4) is 0 Å². The fourth-order valence-corrected chi connectivity index (χ4v) is 3.25. The van der Waals surface area contributed by atoms with Gasteiger partial charge in [0.05, 0.1) is 5.02 Å². The van der Waals surface area contributed by atoms with Crippen molar-refractivity contribution in [2.75, 3.05) is 5.32 Å². The molecular weight excluding hydrogens is 346 g/mol. The summed E-state index contributed by atoms with van der Waals surface area (Å²) in [7, 11) is 0. The average molecular weight is 368 g/mol. The second kappa shape index (κ2) is 7.34. The van der Waals surface area contributed by atoms with Gasteiger partial charge in [0, 0.05) is 23.6 Å². The number of hydrogen-bond donors (Lipinski definition) is 1. The third-order valence-corrected chi connectivity index (χ3v) is 4.73. The zero-order valence-corrected chi connectivity index (χ0v) is 16.0. The van der Waals surface area contributed by atoms with Gasteiger partial charge in [-0.25, -0.2) is 4.98 Å². The molecule has 3 rings (SSSR count). The van der Waals surface area contributed by atoms with Crippen molar-refractivity contribution < 1.29 is 4.79 Å². The Balaban J connectivity index is 2.09. The summed E-state index contributed by atoms with van der Waals surface area (Å²) < 4.78 is 1.99. The Bertz CT molecular complexity index is 971. The van der Waals surface area contributed by atoms with E-state index in [9.17, 15) is 4.79 Å². The van der Waals surface area contributed by atoms with Crippen molar-refractivity contribution in [1.82, 2.24) is 9.55 Å². The van der Waals surface area contributed by atoms with Crippen LogP contribution in [0.5, 0.6) is 0 Å². The number of amides is 1. The van der Waals surface area contributed by atoms with Crippen LogP contribution in [0, 0.1) is 6.92 Å². The van der Waals surface area contributed by atoms with Crippen LogP contribution in [0.15, 0.2) is 49.2 Å². The first-order valence-corrected chi connectivity index (χ1v) is 8.96. The summed E-state index contributed by atoms with van der Waals surface area (Å²) in [5.74, 6) is 0.704. The Kier molecular flexibility index (Phi) is 5.14. The molecule has 3 aromatic rings. The smallest absolute Gasteiger partial charge is 0.273 e. The molecule has 0 saturated carbocycles. The van der Waals surface area contributed by atoms with Crippen LogP contribution in [-0.4, -0.2) is 15.5 Å². The number of carbonyl (C=O) groups is 1. The van der Waals surface area contributed by atoms with Crippen molar-refractivity contribution in [2.45, 2.75) is 33.2 Å². The molecule has 0 aliphatic heterocycles. The number of hydrogen-bond acceptors (Lipinski definition) is 2. The Morgan fingerprint density at radius 2 is 2.12 bits per heavy atom. The molecule has 1 aromatic carbocycles. The maximum Gasteiger partial charge on any atom is 0.273 e. The molecule has 1 amide bonds. The molecule has 2 aromatic heterocycles. The van der Waals surface area contributed by atoms with Crippen molar-refractivity contribution in [3.05, 3.63) is 71.0 Å². The highest BCUT2D eigenvalue weighted by Crippen LogP contribution is 2.29. The number of anilines is 1. The summed E-state index contributed by atoms with van der Waals surface area (Å²) in [4.78, 5) is 17.1. The Labute approximate surface area is 158 Å². The van der Waals surface area contributed by atoms with E-state index in [0.717, 1.165) is 16.5 Å². The summed E-state index contributed by atoms with van der Waals surface area (Å²) in [6.45, 7) is 10.7. The lowest BCUT2D eigenvalue weighted by molar-refractivity contribution is 0.101. The minimum atomic E-state index is -0.193. The van der Waals surface area contributed by atoms with Gasteiger partial charge in [-0.05, 0) is 48.2 Å². The van der Waals surface area contributed by atoms with Gasteiger partial charge in [0.25, 0.3) is 5.91 Å². The maximum absolute atomic E-state index is 13.0. The van der Waals surface area contributed by atoms with Gasteiger partial charge in [-0.15, -0.1) is 6.58 Å². The van der Waals surface area contributed by atoms with Crippen molar-refractivity contribution in [3.63, 3.8) is 0 Å². The summed E-state index contributed by atoms with van der Waals surface area (Å²) in [5, 5.41) is 4.48. The topological polar surface area (TPSA) is 46.9 Å². The molecule has 0 saturated heterocycles. The fraction of sp³-hybridized carbons (Fsp3) is 0.238. The summed E-state index contributed by atoms with van der Waals surface area (Å²) in [6.07, 6.45) is 3.31. The molecular formula is C21H22ClN3O. The van der Waals surface area contributed by atoms with Gasteiger partial charge < -0.3 is 9.88 Å². The molecule has 5 heteroatoms. The Hall–Kier alpha value is -2.59. The van der Waals surface area contributed by atoms with E-state index in [1.807, 2.05) is 11.5 Å². The third-order valence-electron chi connectivity index (χ3n) is 4.50. The van der Waals surface area contributed by atoms with Crippen molar-refractivity contribution in [2.24, 2.45) is 0 Å². The van der Waals surface area contributed by atoms with Crippen LogP contribution < -0.4 is 5.32 Å². The number of carbonyl (C=O) groups excluding carboxylic acids is 1. The monoisotopic (exact) mass is 367 g/mol. The number of benzene rings is 1. The van der Waals surface area contributed by atoms with Crippen molar-refractivity contribution >= 4 is 34.2 Å². The second-order valence-corrected chi connectivity index (χ2v) is 7.06. The van der Waals surface area contributed by atoms with Gasteiger partial charge in [0.15, 0.2) is 0 Å². The number of aromatic nitrogens is 2. The van der Waals surface area contributed by atoms with E-state index in [1.165, 1.54) is 11.8 Å². The largest absolute Gasteiger partial charge is 0.332 e. The van der Waals surface area contributed by atoms with Crippen LogP contribution in [0.2, 0.25) is 5.02 Å². The van der Waals surface area contributed by atoms with Gasteiger partial charge >= 0.3 is 0 Å². The first-order chi connectivity index (χ1) is 12.4. The van der Waals surface area contributed by atoms with Crippen LogP contribution >= 0.6 is 11.6 Å². The molecule has 0 fully saturated rings. The van der Waals surface area contributed by atoms with Crippen molar-refractivity contribution in [3.8, 4) is 0 Å². The van der Waals surface area contributed by atoms with Gasteiger partial charge in [-0.3, -0.25) is 4.79 Å². The molecule has 0 radical (unpaired) electrons. The van der Waals surface area contributed by atoms with E-state index < -0.39 is 0 Å². The van der Waals surface area contributed by atoms with Gasteiger partial charge in [0.1, 0.15) is 11.5 Å². The van der Waals surface area contributed by atoms with Crippen LogP contribution in [-0.2, 0) is 6.54 Å². The van der Waals surface area contributed by atoms with Gasteiger partial charge in [-0.2, -0.15) is 0 Å². The van der Waals surface area contributed by atoms with E-state index in [1.54, 1.807) is 18.2 Å². The molecule has 1 N–H and O–H groups in total. The number of pyridine rings is 1. The van der Waals surface area contributed by atoms with Gasteiger partial charge in [-0.1, -0.05) is 37.6 Å². The molecule has 26 heavy (non-hydrogen) atoms. The number of rotatable bonds is 5. The predicted octanol–water partition coefficient (Wildman–Crippen LogP) is 5.56. The lowest BCUT2D eigenvalue weighted by Crippen LogP contribution is -2.18. The lowest BCUT2D eigenvalue weighted by atomic mass is 10.0. The van der Waals surface area contributed by atoms with E-state index in [-0.39, 0.29) is 5.91 Å². The molecule has 2 heterocycles. The third kappa shape index (κ3) is 3.37. The minimum Gasteiger partial charge on any atom is -0.332 e.